The number of anilines is 2. The molecule has 0 amide bonds. The topological polar surface area (TPSA) is 79.1 Å². The fraction of sp³-hybridized carbons (Fsp3) is 0.692. The molecule has 1 rings (SSSR count). The van der Waals surface area contributed by atoms with Gasteiger partial charge in [0.05, 0.1) is 0 Å². The first-order chi connectivity index (χ1) is 9.01. The minimum absolute atomic E-state index is 0.318. The summed E-state index contributed by atoms with van der Waals surface area (Å²) in [6.45, 7) is 13.4. The summed E-state index contributed by atoms with van der Waals surface area (Å²) in [5, 5.41) is 3.44. The van der Waals surface area contributed by atoms with Gasteiger partial charge < -0.3 is 15.6 Å². The zero-order chi connectivity index (χ0) is 14.4. The standard InChI is InChI=1S/C13H26N6/c1-6-19(7-2)8-9(3)15-12-10(4)13(18-14)17-11(5)16-12/h9H,6-8,14H2,1-5H3,(H2,15,16,17,18). The molecule has 1 aromatic heterocycles. The zero-order valence-corrected chi connectivity index (χ0v) is 12.6. The Balaban J connectivity index is 2.78. The molecular weight excluding hydrogens is 240 g/mol. The molecule has 1 atom stereocenters. The van der Waals surface area contributed by atoms with Crippen molar-refractivity contribution < 1.29 is 0 Å². The average Bonchev–Trinajstić information content (AvgIpc) is 2.39. The van der Waals surface area contributed by atoms with E-state index in [0.29, 0.717) is 17.7 Å². The molecule has 19 heavy (non-hydrogen) atoms. The lowest BCUT2D eigenvalue weighted by molar-refractivity contribution is 0.294. The predicted octanol–water partition coefficient (Wildman–Crippen LogP) is 1.52. The van der Waals surface area contributed by atoms with Crippen LogP contribution in [-0.2, 0) is 0 Å². The molecule has 4 N–H and O–H groups in total. The van der Waals surface area contributed by atoms with Gasteiger partial charge in [-0.25, -0.2) is 15.8 Å². The normalized spacial score (nSPS) is 12.6. The lowest BCUT2D eigenvalue weighted by Crippen LogP contribution is -2.35. The fourth-order valence-electron chi connectivity index (χ4n) is 2.06. The smallest absolute Gasteiger partial charge is 0.148 e. The van der Waals surface area contributed by atoms with E-state index in [1.54, 1.807) is 0 Å². The van der Waals surface area contributed by atoms with Crippen LogP contribution in [0.15, 0.2) is 0 Å². The molecule has 0 spiro atoms. The molecule has 108 valence electrons. The van der Waals surface area contributed by atoms with E-state index >= 15 is 0 Å². The van der Waals surface area contributed by atoms with Gasteiger partial charge in [0.15, 0.2) is 0 Å². The van der Waals surface area contributed by atoms with Crippen LogP contribution in [0.1, 0.15) is 32.2 Å². The maximum Gasteiger partial charge on any atom is 0.148 e. The monoisotopic (exact) mass is 266 g/mol. The highest BCUT2D eigenvalue weighted by Gasteiger charge is 2.12. The molecule has 6 heteroatoms. The highest BCUT2D eigenvalue weighted by atomic mass is 15.3. The van der Waals surface area contributed by atoms with Crippen LogP contribution in [0.3, 0.4) is 0 Å². The number of nitrogens with zero attached hydrogens (tertiary/aromatic N) is 3. The Morgan fingerprint density at radius 3 is 2.26 bits per heavy atom. The number of aryl methyl sites for hydroxylation is 1. The van der Waals surface area contributed by atoms with E-state index in [4.69, 9.17) is 5.84 Å². The Morgan fingerprint density at radius 1 is 1.16 bits per heavy atom. The van der Waals surface area contributed by atoms with Crippen molar-refractivity contribution in [1.82, 2.24) is 14.9 Å². The van der Waals surface area contributed by atoms with Crippen LogP contribution in [-0.4, -0.2) is 40.5 Å². The van der Waals surface area contributed by atoms with E-state index in [2.05, 4.69) is 46.4 Å². The minimum atomic E-state index is 0.318. The molecule has 0 fully saturated rings. The molecule has 0 aliphatic carbocycles. The number of hydrogen-bond acceptors (Lipinski definition) is 6. The summed E-state index contributed by atoms with van der Waals surface area (Å²) >= 11 is 0. The van der Waals surface area contributed by atoms with Gasteiger partial charge in [-0.2, -0.15) is 0 Å². The fourth-order valence-corrected chi connectivity index (χ4v) is 2.06. The molecule has 0 bridgehead atoms. The van der Waals surface area contributed by atoms with Crippen LogP contribution in [0.4, 0.5) is 11.6 Å². The Hall–Kier alpha value is -1.40. The van der Waals surface area contributed by atoms with Gasteiger partial charge in [-0.15, -0.1) is 0 Å². The number of rotatable bonds is 7. The third-order valence-electron chi connectivity index (χ3n) is 3.20. The molecule has 1 aromatic rings. The van der Waals surface area contributed by atoms with Gasteiger partial charge in [0.25, 0.3) is 0 Å². The quantitative estimate of drug-likeness (QED) is 0.513. The van der Waals surface area contributed by atoms with Gasteiger partial charge in [-0.05, 0) is 33.9 Å². The summed E-state index contributed by atoms with van der Waals surface area (Å²) in [4.78, 5) is 11.1. The third-order valence-corrected chi connectivity index (χ3v) is 3.20. The third kappa shape index (κ3) is 4.33. The van der Waals surface area contributed by atoms with Gasteiger partial charge in [-0.1, -0.05) is 13.8 Å². The average molecular weight is 266 g/mol. The van der Waals surface area contributed by atoms with Crippen molar-refractivity contribution in [2.24, 2.45) is 5.84 Å². The van der Waals surface area contributed by atoms with Crippen molar-refractivity contribution in [2.45, 2.75) is 40.7 Å². The highest BCUT2D eigenvalue weighted by molar-refractivity contribution is 5.56. The number of hydrazine groups is 1. The summed E-state index contributed by atoms with van der Waals surface area (Å²) in [7, 11) is 0. The van der Waals surface area contributed by atoms with Crippen LogP contribution in [0, 0.1) is 13.8 Å². The largest absolute Gasteiger partial charge is 0.366 e. The van der Waals surface area contributed by atoms with Gasteiger partial charge >= 0.3 is 0 Å². The molecule has 0 radical (unpaired) electrons. The summed E-state index contributed by atoms with van der Waals surface area (Å²) in [6.07, 6.45) is 0. The number of hydrogen-bond donors (Lipinski definition) is 3. The SMILES string of the molecule is CCN(CC)CC(C)Nc1nc(C)nc(NN)c1C. The van der Waals surface area contributed by atoms with Crippen molar-refractivity contribution in [3.8, 4) is 0 Å². The van der Waals surface area contributed by atoms with Gasteiger partial charge in [-0.3, -0.25) is 0 Å². The first kappa shape index (κ1) is 15.7. The molecule has 1 heterocycles. The number of likely N-dealkylation sites (N-methyl/N-ethyl adjacent to an activating group) is 1. The van der Waals surface area contributed by atoms with Crippen LogP contribution in [0.25, 0.3) is 0 Å². The molecule has 0 aliphatic heterocycles. The minimum Gasteiger partial charge on any atom is -0.366 e. The second-order valence-electron chi connectivity index (χ2n) is 4.77. The number of nitrogens with one attached hydrogen (secondary N) is 2. The summed E-state index contributed by atoms with van der Waals surface area (Å²) < 4.78 is 0. The first-order valence-electron chi connectivity index (χ1n) is 6.82. The maximum absolute atomic E-state index is 5.47. The van der Waals surface area contributed by atoms with Crippen molar-refractivity contribution in [3.63, 3.8) is 0 Å². The predicted molar refractivity (Wildman–Crippen MR) is 80.2 cm³/mol. The van der Waals surface area contributed by atoms with Crippen LogP contribution in [0.5, 0.6) is 0 Å². The molecule has 0 aliphatic rings. The number of aromatic nitrogens is 2. The van der Waals surface area contributed by atoms with E-state index in [1.807, 2.05) is 13.8 Å². The lowest BCUT2D eigenvalue weighted by atomic mass is 10.2. The lowest BCUT2D eigenvalue weighted by Gasteiger charge is -2.24. The summed E-state index contributed by atoms with van der Waals surface area (Å²) in [6, 6.07) is 0.318. The van der Waals surface area contributed by atoms with E-state index in [0.717, 1.165) is 31.0 Å². The Bertz CT molecular complexity index is 402. The summed E-state index contributed by atoms with van der Waals surface area (Å²) in [5.74, 6) is 7.69. The molecular formula is C13H26N6. The van der Waals surface area contributed by atoms with Crippen LogP contribution >= 0.6 is 0 Å². The molecule has 0 saturated heterocycles. The zero-order valence-electron chi connectivity index (χ0n) is 12.6. The highest BCUT2D eigenvalue weighted by Crippen LogP contribution is 2.19. The van der Waals surface area contributed by atoms with Crippen molar-refractivity contribution >= 4 is 11.6 Å². The second kappa shape index (κ2) is 7.25. The van der Waals surface area contributed by atoms with Crippen molar-refractivity contribution in [3.05, 3.63) is 11.4 Å². The maximum atomic E-state index is 5.47. The summed E-state index contributed by atoms with van der Waals surface area (Å²) in [5.41, 5.74) is 3.56. The number of nitrogen functional groups attached to an aromatic ring is 1. The van der Waals surface area contributed by atoms with Crippen LogP contribution in [0.2, 0.25) is 0 Å². The first-order valence-corrected chi connectivity index (χ1v) is 6.82. The van der Waals surface area contributed by atoms with Crippen molar-refractivity contribution in [1.29, 1.82) is 0 Å². The molecule has 0 saturated carbocycles. The Kier molecular flexibility index (Phi) is 5.98. The molecule has 6 nitrogen and oxygen atoms in total. The van der Waals surface area contributed by atoms with E-state index in [1.165, 1.54) is 0 Å². The van der Waals surface area contributed by atoms with Crippen molar-refractivity contribution in [2.75, 3.05) is 30.4 Å². The second-order valence-corrected chi connectivity index (χ2v) is 4.77. The van der Waals surface area contributed by atoms with Gasteiger partial charge in [0.1, 0.15) is 17.5 Å². The van der Waals surface area contributed by atoms with E-state index in [-0.39, 0.29) is 0 Å². The molecule has 1 unspecified atom stereocenters. The molecule has 0 aromatic carbocycles. The van der Waals surface area contributed by atoms with Gasteiger partial charge in [0, 0.05) is 18.2 Å². The van der Waals surface area contributed by atoms with E-state index in [9.17, 15) is 0 Å². The van der Waals surface area contributed by atoms with Crippen LogP contribution < -0.4 is 16.6 Å². The van der Waals surface area contributed by atoms with Gasteiger partial charge in [0.2, 0.25) is 0 Å². The van der Waals surface area contributed by atoms with E-state index < -0.39 is 0 Å². The Morgan fingerprint density at radius 2 is 1.74 bits per heavy atom. The number of nitrogens with two attached hydrogens (primary N) is 1. The Labute approximate surface area is 115 Å².